The molecule has 0 bridgehead atoms. The first-order valence-corrected chi connectivity index (χ1v) is 6.49. The average Bonchev–Trinajstić information content (AvgIpc) is 2.33. The summed E-state index contributed by atoms with van der Waals surface area (Å²) in [4.78, 5) is 23.0. The van der Waals surface area contributed by atoms with Crippen LogP contribution >= 0.6 is 0 Å². The molecular weight excluding hydrogens is 254 g/mol. The van der Waals surface area contributed by atoms with Crippen molar-refractivity contribution in [2.24, 2.45) is 5.41 Å². The van der Waals surface area contributed by atoms with Gasteiger partial charge in [0.25, 0.3) is 0 Å². The summed E-state index contributed by atoms with van der Waals surface area (Å²) in [5.41, 5.74) is 1.45. The van der Waals surface area contributed by atoms with Gasteiger partial charge in [-0.25, -0.2) is 4.79 Å². The van der Waals surface area contributed by atoms with Gasteiger partial charge in [0.15, 0.2) is 0 Å². The zero-order valence-electron chi connectivity index (χ0n) is 12.3. The van der Waals surface area contributed by atoms with Gasteiger partial charge in [0.1, 0.15) is 6.04 Å². The molecule has 4 nitrogen and oxygen atoms in total. The maximum Gasteiger partial charge on any atom is 0.326 e. The summed E-state index contributed by atoms with van der Waals surface area (Å²) in [5, 5.41) is 11.7. The molecule has 2 N–H and O–H groups in total. The van der Waals surface area contributed by atoms with Gasteiger partial charge in [0.2, 0.25) is 5.91 Å². The molecule has 0 aliphatic rings. The molecule has 0 aliphatic carbocycles. The normalized spacial score (nSPS) is 13.2. The molecule has 0 saturated carbocycles. The Labute approximate surface area is 119 Å². The third-order valence-electron chi connectivity index (χ3n) is 3.00. The van der Waals surface area contributed by atoms with Gasteiger partial charge in [-0.1, -0.05) is 45.0 Å². The van der Waals surface area contributed by atoms with Crippen molar-refractivity contribution < 1.29 is 14.7 Å². The Hall–Kier alpha value is -2.10. The summed E-state index contributed by atoms with van der Waals surface area (Å²) in [6, 6.07) is 6.74. The van der Waals surface area contributed by atoms with Crippen molar-refractivity contribution in [2.75, 3.05) is 0 Å². The Morgan fingerprint density at radius 2 is 1.85 bits per heavy atom. The van der Waals surface area contributed by atoms with Crippen LogP contribution in [0.4, 0.5) is 0 Å². The monoisotopic (exact) mass is 275 g/mol. The summed E-state index contributed by atoms with van der Waals surface area (Å²) in [5.74, 6) is -1.44. The van der Waals surface area contributed by atoms with E-state index in [9.17, 15) is 9.59 Å². The number of carbonyl (C=O) groups excluding carboxylic acids is 1. The number of rotatable bonds is 4. The third kappa shape index (κ3) is 4.53. The van der Waals surface area contributed by atoms with Crippen LogP contribution < -0.4 is 5.32 Å². The van der Waals surface area contributed by atoms with Crippen LogP contribution in [0.15, 0.2) is 30.3 Å². The largest absolute Gasteiger partial charge is 0.480 e. The van der Waals surface area contributed by atoms with Gasteiger partial charge in [0.05, 0.1) is 0 Å². The topological polar surface area (TPSA) is 66.4 Å². The molecule has 1 aromatic carbocycles. The zero-order chi connectivity index (χ0) is 15.3. The summed E-state index contributed by atoms with van der Waals surface area (Å²) in [6.07, 6.45) is 3.05. The van der Waals surface area contributed by atoms with E-state index in [0.29, 0.717) is 0 Å². The van der Waals surface area contributed by atoms with Gasteiger partial charge in [-0.05, 0) is 29.5 Å². The molecule has 0 heterocycles. The minimum absolute atomic E-state index is 0.407. The van der Waals surface area contributed by atoms with Crippen molar-refractivity contribution in [3.05, 3.63) is 41.5 Å². The van der Waals surface area contributed by atoms with E-state index in [-0.39, 0.29) is 0 Å². The molecule has 1 aromatic rings. The quantitative estimate of drug-likeness (QED) is 0.830. The van der Waals surface area contributed by atoms with Crippen molar-refractivity contribution >= 4 is 18.0 Å². The molecule has 0 spiro atoms. The lowest BCUT2D eigenvalue weighted by atomic mass is 9.87. The maximum atomic E-state index is 11.8. The van der Waals surface area contributed by atoms with E-state index in [1.165, 1.54) is 6.08 Å². The number of hydrogen-bond donors (Lipinski definition) is 2. The second-order valence-corrected chi connectivity index (χ2v) is 5.84. The van der Waals surface area contributed by atoms with E-state index >= 15 is 0 Å². The van der Waals surface area contributed by atoms with Crippen molar-refractivity contribution in [1.82, 2.24) is 5.32 Å². The van der Waals surface area contributed by atoms with E-state index in [1.54, 1.807) is 26.8 Å². The Kier molecular flexibility index (Phi) is 5.08. The van der Waals surface area contributed by atoms with Gasteiger partial charge < -0.3 is 10.4 Å². The van der Waals surface area contributed by atoms with Crippen molar-refractivity contribution in [3.8, 4) is 0 Å². The highest BCUT2D eigenvalue weighted by atomic mass is 16.4. The average molecular weight is 275 g/mol. The molecule has 0 aliphatic heterocycles. The van der Waals surface area contributed by atoms with E-state index in [2.05, 4.69) is 5.32 Å². The highest BCUT2D eigenvalue weighted by Crippen LogP contribution is 2.19. The first-order chi connectivity index (χ1) is 9.21. The number of benzene rings is 1. The fourth-order valence-electron chi connectivity index (χ4n) is 1.78. The minimum atomic E-state index is -1.03. The molecule has 0 radical (unpaired) electrons. The SMILES string of the molecule is Cc1ccccc1/C=C/C(=O)NC(C(=O)O)C(C)(C)C. The van der Waals surface area contributed by atoms with E-state index in [1.807, 2.05) is 31.2 Å². The summed E-state index contributed by atoms with van der Waals surface area (Å²) in [7, 11) is 0. The number of nitrogens with one attached hydrogen (secondary N) is 1. The minimum Gasteiger partial charge on any atom is -0.480 e. The third-order valence-corrected chi connectivity index (χ3v) is 3.00. The van der Waals surface area contributed by atoms with E-state index in [4.69, 9.17) is 5.11 Å². The molecule has 108 valence electrons. The first kappa shape index (κ1) is 16.0. The summed E-state index contributed by atoms with van der Waals surface area (Å²) < 4.78 is 0. The molecule has 0 saturated heterocycles. The molecule has 1 rings (SSSR count). The smallest absolute Gasteiger partial charge is 0.326 e. The van der Waals surface area contributed by atoms with Gasteiger partial charge in [-0.2, -0.15) is 0 Å². The molecule has 1 atom stereocenters. The van der Waals surface area contributed by atoms with E-state index < -0.39 is 23.3 Å². The van der Waals surface area contributed by atoms with Gasteiger partial charge >= 0.3 is 5.97 Å². The predicted octanol–water partition coefficient (Wildman–Crippen LogP) is 2.62. The highest BCUT2D eigenvalue weighted by molar-refractivity contribution is 5.94. The fraction of sp³-hybridized carbons (Fsp3) is 0.375. The van der Waals surface area contributed by atoms with Crippen LogP contribution in [0.25, 0.3) is 6.08 Å². The summed E-state index contributed by atoms with van der Waals surface area (Å²) >= 11 is 0. The van der Waals surface area contributed by atoms with E-state index in [0.717, 1.165) is 11.1 Å². The van der Waals surface area contributed by atoms with Crippen molar-refractivity contribution in [1.29, 1.82) is 0 Å². The van der Waals surface area contributed by atoms with Crippen LogP contribution in [0.2, 0.25) is 0 Å². The van der Waals surface area contributed by atoms with Crippen LogP contribution in [0.3, 0.4) is 0 Å². The lowest BCUT2D eigenvalue weighted by molar-refractivity contribution is -0.144. The highest BCUT2D eigenvalue weighted by Gasteiger charge is 2.31. The number of aryl methyl sites for hydroxylation is 1. The van der Waals surface area contributed by atoms with Crippen LogP contribution in [0, 0.1) is 12.3 Å². The predicted molar refractivity (Wildman–Crippen MR) is 79.2 cm³/mol. The number of hydrogen-bond acceptors (Lipinski definition) is 2. The van der Waals surface area contributed by atoms with Crippen LogP contribution in [-0.2, 0) is 9.59 Å². The molecule has 1 unspecified atom stereocenters. The van der Waals surface area contributed by atoms with Gasteiger partial charge in [-0.3, -0.25) is 4.79 Å². The lowest BCUT2D eigenvalue weighted by Gasteiger charge is -2.27. The second kappa shape index (κ2) is 6.37. The molecule has 20 heavy (non-hydrogen) atoms. The van der Waals surface area contributed by atoms with Crippen molar-refractivity contribution in [2.45, 2.75) is 33.7 Å². The Bertz CT molecular complexity index is 527. The number of amides is 1. The number of carbonyl (C=O) groups is 2. The maximum absolute atomic E-state index is 11.8. The lowest BCUT2D eigenvalue weighted by Crippen LogP contribution is -2.48. The van der Waals surface area contributed by atoms with Crippen molar-refractivity contribution in [3.63, 3.8) is 0 Å². The molecule has 0 aromatic heterocycles. The number of carboxylic acids is 1. The standard InChI is InChI=1S/C16H21NO3/c1-11-7-5-6-8-12(11)9-10-13(18)17-14(15(19)20)16(2,3)4/h5-10,14H,1-4H3,(H,17,18)(H,19,20)/b10-9+. The number of carboxylic acid groups (broad SMARTS) is 1. The second-order valence-electron chi connectivity index (χ2n) is 5.84. The molecule has 4 heteroatoms. The van der Waals surface area contributed by atoms with Gasteiger partial charge in [-0.15, -0.1) is 0 Å². The zero-order valence-corrected chi connectivity index (χ0v) is 12.3. The van der Waals surface area contributed by atoms with Crippen LogP contribution in [0.1, 0.15) is 31.9 Å². The number of aliphatic carboxylic acids is 1. The molecular formula is C16H21NO3. The molecule has 1 amide bonds. The van der Waals surface area contributed by atoms with Gasteiger partial charge in [0, 0.05) is 6.08 Å². The Morgan fingerprint density at radius 3 is 2.35 bits per heavy atom. The molecule has 0 fully saturated rings. The Balaban J connectivity index is 2.77. The fourth-order valence-corrected chi connectivity index (χ4v) is 1.78. The first-order valence-electron chi connectivity index (χ1n) is 6.49. The van der Waals surface area contributed by atoms with Crippen LogP contribution in [0.5, 0.6) is 0 Å². The Morgan fingerprint density at radius 1 is 1.25 bits per heavy atom. The van der Waals surface area contributed by atoms with Crippen LogP contribution in [-0.4, -0.2) is 23.0 Å². The summed E-state index contributed by atoms with van der Waals surface area (Å²) in [6.45, 7) is 7.28.